The van der Waals surface area contributed by atoms with Crippen molar-refractivity contribution in [2.24, 2.45) is 0 Å². The first-order chi connectivity index (χ1) is 10.6. The van der Waals surface area contributed by atoms with Gasteiger partial charge in [-0.2, -0.15) is 0 Å². The fraction of sp³-hybridized carbons (Fsp3) is 0.235. The second-order valence-corrected chi connectivity index (χ2v) is 5.70. The standard InChI is InChI=1S/C17H16ClFN2O/c18-14-3-7-16(8-4-14)20-9-11-21(12-10-20)17(22)13-1-5-15(19)6-2-13/h1-8H,9-12H2. The number of anilines is 1. The van der Waals surface area contributed by atoms with E-state index in [0.717, 1.165) is 18.8 Å². The smallest absolute Gasteiger partial charge is 0.253 e. The Hall–Kier alpha value is -2.07. The molecule has 0 N–H and O–H groups in total. The number of nitrogens with zero attached hydrogens (tertiary/aromatic N) is 2. The van der Waals surface area contributed by atoms with E-state index in [9.17, 15) is 9.18 Å². The van der Waals surface area contributed by atoms with E-state index in [1.165, 1.54) is 24.3 Å². The lowest BCUT2D eigenvalue weighted by Gasteiger charge is -2.36. The zero-order valence-electron chi connectivity index (χ0n) is 12.0. The van der Waals surface area contributed by atoms with Crippen LogP contribution < -0.4 is 4.90 Å². The summed E-state index contributed by atoms with van der Waals surface area (Å²) in [7, 11) is 0. The summed E-state index contributed by atoms with van der Waals surface area (Å²) in [4.78, 5) is 16.4. The van der Waals surface area contributed by atoms with Crippen LogP contribution in [0.5, 0.6) is 0 Å². The number of carbonyl (C=O) groups is 1. The number of carbonyl (C=O) groups excluding carboxylic acids is 1. The van der Waals surface area contributed by atoms with E-state index in [-0.39, 0.29) is 11.7 Å². The van der Waals surface area contributed by atoms with Crippen molar-refractivity contribution in [1.29, 1.82) is 0 Å². The van der Waals surface area contributed by atoms with Gasteiger partial charge in [-0.15, -0.1) is 0 Å². The third kappa shape index (κ3) is 3.22. The maximum atomic E-state index is 12.9. The lowest BCUT2D eigenvalue weighted by molar-refractivity contribution is 0.0746. The quantitative estimate of drug-likeness (QED) is 0.847. The van der Waals surface area contributed by atoms with Crippen LogP contribution in [0.15, 0.2) is 48.5 Å². The molecule has 114 valence electrons. The first-order valence-electron chi connectivity index (χ1n) is 7.19. The van der Waals surface area contributed by atoms with Crippen LogP contribution >= 0.6 is 11.6 Å². The molecule has 1 heterocycles. The number of piperazine rings is 1. The number of amides is 1. The normalized spacial score (nSPS) is 15.0. The molecule has 1 amide bonds. The molecular weight excluding hydrogens is 303 g/mol. The summed E-state index contributed by atoms with van der Waals surface area (Å²) in [6, 6.07) is 13.4. The Morgan fingerprint density at radius 3 is 2.09 bits per heavy atom. The van der Waals surface area contributed by atoms with E-state index in [4.69, 9.17) is 11.6 Å². The monoisotopic (exact) mass is 318 g/mol. The minimum absolute atomic E-state index is 0.0456. The van der Waals surface area contributed by atoms with Gasteiger partial charge in [-0.3, -0.25) is 4.79 Å². The summed E-state index contributed by atoms with van der Waals surface area (Å²) in [5.74, 6) is -0.375. The molecule has 1 aliphatic rings. The molecular formula is C17H16ClFN2O. The zero-order chi connectivity index (χ0) is 15.5. The molecule has 0 spiro atoms. The topological polar surface area (TPSA) is 23.6 Å². The average Bonchev–Trinajstić information content (AvgIpc) is 2.56. The molecule has 0 unspecified atom stereocenters. The number of rotatable bonds is 2. The minimum atomic E-state index is -0.330. The van der Waals surface area contributed by atoms with E-state index in [0.29, 0.717) is 23.7 Å². The Bertz CT molecular complexity index is 649. The molecule has 0 atom stereocenters. The van der Waals surface area contributed by atoms with Gasteiger partial charge in [0.1, 0.15) is 5.82 Å². The maximum Gasteiger partial charge on any atom is 0.253 e. The number of halogens is 2. The molecule has 3 rings (SSSR count). The van der Waals surface area contributed by atoms with Crippen LogP contribution in [0.3, 0.4) is 0 Å². The zero-order valence-corrected chi connectivity index (χ0v) is 12.8. The summed E-state index contributed by atoms with van der Waals surface area (Å²) in [5, 5.41) is 0.717. The highest BCUT2D eigenvalue weighted by Gasteiger charge is 2.22. The summed E-state index contributed by atoms with van der Waals surface area (Å²) in [6.07, 6.45) is 0. The summed E-state index contributed by atoms with van der Waals surface area (Å²) in [6.45, 7) is 2.85. The Morgan fingerprint density at radius 2 is 1.50 bits per heavy atom. The van der Waals surface area contributed by atoms with E-state index >= 15 is 0 Å². The van der Waals surface area contributed by atoms with Gasteiger partial charge in [0.05, 0.1) is 0 Å². The predicted molar refractivity (Wildman–Crippen MR) is 86.0 cm³/mol. The summed E-state index contributed by atoms with van der Waals surface area (Å²) < 4.78 is 12.9. The van der Waals surface area contributed by atoms with Gasteiger partial charge in [-0.25, -0.2) is 4.39 Å². The van der Waals surface area contributed by atoms with Crippen molar-refractivity contribution < 1.29 is 9.18 Å². The van der Waals surface area contributed by atoms with Crippen molar-refractivity contribution in [3.05, 3.63) is 64.9 Å². The average molecular weight is 319 g/mol. The van der Waals surface area contributed by atoms with Crippen molar-refractivity contribution in [2.45, 2.75) is 0 Å². The third-order valence-corrected chi connectivity index (χ3v) is 4.10. The third-order valence-electron chi connectivity index (χ3n) is 3.85. The van der Waals surface area contributed by atoms with Gasteiger partial charge >= 0.3 is 0 Å². The molecule has 0 aromatic heterocycles. The molecule has 2 aromatic rings. The maximum absolute atomic E-state index is 12.9. The Labute approximate surface area is 133 Å². The second kappa shape index (κ2) is 6.36. The molecule has 0 bridgehead atoms. The van der Waals surface area contributed by atoms with Crippen molar-refractivity contribution in [3.63, 3.8) is 0 Å². The van der Waals surface area contributed by atoms with Gasteiger partial charge in [0.2, 0.25) is 0 Å². The fourth-order valence-electron chi connectivity index (χ4n) is 2.59. The van der Waals surface area contributed by atoms with E-state index in [1.807, 2.05) is 24.3 Å². The highest BCUT2D eigenvalue weighted by Crippen LogP contribution is 2.20. The first-order valence-corrected chi connectivity index (χ1v) is 7.56. The van der Waals surface area contributed by atoms with Crippen molar-refractivity contribution in [3.8, 4) is 0 Å². The van der Waals surface area contributed by atoms with E-state index < -0.39 is 0 Å². The number of hydrogen-bond acceptors (Lipinski definition) is 2. The van der Waals surface area contributed by atoms with E-state index in [1.54, 1.807) is 4.90 Å². The SMILES string of the molecule is O=C(c1ccc(F)cc1)N1CCN(c2ccc(Cl)cc2)CC1. The molecule has 1 saturated heterocycles. The Kier molecular flexibility index (Phi) is 4.29. The highest BCUT2D eigenvalue weighted by atomic mass is 35.5. The van der Waals surface area contributed by atoms with Crippen LogP contribution in [0, 0.1) is 5.82 Å². The van der Waals surface area contributed by atoms with Crippen molar-refractivity contribution in [2.75, 3.05) is 31.1 Å². The largest absolute Gasteiger partial charge is 0.368 e. The van der Waals surface area contributed by atoms with Gasteiger partial charge in [0.15, 0.2) is 0 Å². The van der Waals surface area contributed by atoms with E-state index in [2.05, 4.69) is 4.90 Å². The Morgan fingerprint density at radius 1 is 0.909 bits per heavy atom. The molecule has 22 heavy (non-hydrogen) atoms. The van der Waals surface area contributed by atoms with Crippen LogP contribution in [0.1, 0.15) is 10.4 Å². The molecule has 5 heteroatoms. The van der Waals surface area contributed by atoms with Crippen LogP contribution in [0.4, 0.5) is 10.1 Å². The number of hydrogen-bond donors (Lipinski definition) is 0. The lowest BCUT2D eigenvalue weighted by atomic mass is 10.1. The van der Waals surface area contributed by atoms with Gasteiger partial charge in [-0.05, 0) is 48.5 Å². The van der Waals surface area contributed by atoms with Gasteiger partial charge in [-0.1, -0.05) is 11.6 Å². The molecule has 3 nitrogen and oxygen atoms in total. The first kappa shape index (κ1) is 14.9. The minimum Gasteiger partial charge on any atom is -0.368 e. The van der Waals surface area contributed by atoms with Crippen LogP contribution in [-0.2, 0) is 0 Å². The molecule has 0 aliphatic carbocycles. The van der Waals surface area contributed by atoms with Crippen molar-refractivity contribution in [1.82, 2.24) is 4.90 Å². The van der Waals surface area contributed by atoms with Crippen LogP contribution in [0.2, 0.25) is 5.02 Å². The molecule has 2 aromatic carbocycles. The van der Waals surface area contributed by atoms with Crippen LogP contribution in [0.25, 0.3) is 0 Å². The van der Waals surface area contributed by atoms with Crippen LogP contribution in [-0.4, -0.2) is 37.0 Å². The fourth-order valence-corrected chi connectivity index (χ4v) is 2.72. The van der Waals surface area contributed by atoms with Gasteiger partial charge in [0, 0.05) is 42.5 Å². The molecule has 1 fully saturated rings. The molecule has 1 aliphatic heterocycles. The highest BCUT2D eigenvalue weighted by molar-refractivity contribution is 6.30. The second-order valence-electron chi connectivity index (χ2n) is 5.26. The Balaban J connectivity index is 1.62. The van der Waals surface area contributed by atoms with Gasteiger partial charge < -0.3 is 9.80 Å². The molecule has 0 saturated carbocycles. The number of benzene rings is 2. The summed E-state index contributed by atoms with van der Waals surface area (Å²) >= 11 is 5.90. The molecule has 0 radical (unpaired) electrons. The lowest BCUT2D eigenvalue weighted by Crippen LogP contribution is -2.48. The predicted octanol–water partition coefficient (Wildman–Crippen LogP) is 3.44. The summed E-state index contributed by atoms with van der Waals surface area (Å²) in [5.41, 5.74) is 1.64. The van der Waals surface area contributed by atoms with Crippen molar-refractivity contribution >= 4 is 23.2 Å². The van der Waals surface area contributed by atoms with Gasteiger partial charge in [0.25, 0.3) is 5.91 Å².